The number of aromatic nitrogens is 1. The molecule has 1 aromatic heterocycles. The van der Waals surface area contributed by atoms with Crippen LogP contribution in [0.1, 0.15) is 27.3 Å². The highest BCUT2D eigenvalue weighted by molar-refractivity contribution is 7.17. The molecular weight excluding hydrogens is 370 g/mol. The first-order chi connectivity index (χ1) is 13.6. The van der Waals surface area contributed by atoms with Crippen LogP contribution < -0.4 is 9.80 Å². The van der Waals surface area contributed by atoms with Crippen molar-refractivity contribution in [2.24, 2.45) is 0 Å². The number of hydrogen-bond donors (Lipinski definition) is 0. The summed E-state index contributed by atoms with van der Waals surface area (Å²) in [5.74, 6) is 0.0802. The number of nitrogens with zero attached hydrogens (tertiary/aromatic N) is 3. The first-order valence-corrected chi connectivity index (χ1v) is 10.1. The summed E-state index contributed by atoms with van der Waals surface area (Å²) in [6, 6.07) is 19.5. The van der Waals surface area contributed by atoms with Gasteiger partial charge in [-0.3, -0.25) is 14.6 Å². The second kappa shape index (κ2) is 7.94. The number of para-hydroxylation sites is 1. The smallest absolute Gasteiger partial charge is 0.293 e. The average Bonchev–Trinajstić information content (AvgIpc) is 3.30. The molecule has 2 amide bonds. The standard InChI is InChI=1S/C22H21N3O2S/c1-16-20(19(26)13-12-17-8-4-2-5-9-17)28-21(23-16)25-15-14-24(22(25)27)18-10-6-3-7-11-18/h2-11H,12-15H2,1H3. The third-order valence-corrected chi connectivity index (χ3v) is 6.05. The Kier molecular flexibility index (Phi) is 5.21. The molecule has 28 heavy (non-hydrogen) atoms. The van der Waals surface area contributed by atoms with Crippen LogP contribution in [0.5, 0.6) is 0 Å². The van der Waals surface area contributed by atoms with Crippen LogP contribution in [-0.4, -0.2) is 29.9 Å². The lowest BCUT2D eigenvalue weighted by atomic mass is 10.1. The minimum Gasteiger partial charge on any atom is -0.293 e. The van der Waals surface area contributed by atoms with E-state index < -0.39 is 0 Å². The molecule has 1 saturated heterocycles. The van der Waals surface area contributed by atoms with E-state index in [0.29, 0.717) is 41.6 Å². The van der Waals surface area contributed by atoms with E-state index in [4.69, 9.17) is 0 Å². The molecule has 6 heteroatoms. The van der Waals surface area contributed by atoms with E-state index in [1.165, 1.54) is 11.3 Å². The third kappa shape index (κ3) is 3.68. The Morgan fingerprint density at radius 3 is 2.36 bits per heavy atom. The van der Waals surface area contributed by atoms with Crippen molar-refractivity contribution in [3.63, 3.8) is 0 Å². The van der Waals surface area contributed by atoms with Crippen LogP contribution >= 0.6 is 11.3 Å². The summed E-state index contributed by atoms with van der Waals surface area (Å²) in [7, 11) is 0. The fraction of sp³-hybridized carbons (Fsp3) is 0.227. The van der Waals surface area contributed by atoms with Gasteiger partial charge in [-0.2, -0.15) is 0 Å². The summed E-state index contributed by atoms with van der Waals surface area (Å²) in [4.78, 5) is 34.1. The normalized spacial score (nSPS) is 14.0. The van der Waals surface area contributed by atoms with Gasteiger partial charge >= 0.3 is 6.03 Å². The number of aryl methyl sites for hydroxylation is 2. The van der Waals surface area contributed by atoms with Crippen molar-refractivity contribution in [3.8, 4) is 0 Å². The Labute approximate surface area is 168 Å². The zero-order valence-electron chi connectivity index (χ0n) is 15.7. The lowest BCUT2D eigenvalue weighted by molar-refractivity contribution is 0.0986. The summed E-state index contributed by atoms with van der Waals surface area (Å²) in [6.45, 7) is 3.02. The van der Waals surface area contributed by atoms with Gasteiger partial charge in [0.25, 0.3) is 0 Å². The summed E-state index contributed by atoms with van der Waals surface area (Å²) >= 11 is 1.32. The van der Waals surface area contributed by atoms with Crippen molar-refractivity contribution in [1.82, 2.24) is 4.98 Å². The van der Waals surface area contributed by atoms with Gasteiger partial charge in [-0.15, -0.1) is 0 Å². The maximum absolute atomic E-state index is 12.8. The van der Waals surface area contributed by atoms with Gasteiger partial charge in [0.1, 0.15) is 0 Å². The summed E-state index contributed by atoms with van der Waals surface area (Å²) in [5.41, 5.74) is 2.72. The number of carbonyl (C=O) groups excluding carboxylic acids is 2. The highest BCUT2D eigenvalue weighted by atomic mass is 32.1. The second-order valence-electron chi connectivity index (χ2n) is 6.74. The van der Waals surface area contributed by atoms with E-state index in [-0.39, 0.29) is 11.8 Å². The lowest BCUT2D eigenvalue weighted by Crippen LogP contribution is -2.31. The molecular formula is C22H21N3O2S. The van der Waals surface area contributed by atoms with Crippen molar-refractivity contribution in [3.05, 3.63) is 76.8 Å². The minimum atomic E-state index is -0.0942. The Bertz CT molecular complexity index is 986. The van der Waals surface area contributed by atoms with Crippen LogP contribution in [0.2, 0.25) is 0 Å². The first kappa shape index (κ1) is 18.4. The van der Waals surface area contributed by atoms with E-state index in [1.807, 2.05) is 67.6 Å². The molecule has 0 bridgehead atoms. The van der Waals surface area contributed by atoms with Crippen molar-refractivity contribution >= 4 is 34.0 Å². The fourth-order valence-corrected chi connectivity index (χ4v) is 4.39. The van der Waals surface area contributed by atoms with Gasteiger partial charge in [-0.05, 0) is 31.0 Å². The van der Waals surface area contributed by atoms with Gasteiger partial charge in [0, 0.05) is 25.2 Å². The molecule has 0 saturated carbocycles. The number of urea groups is 1. The molecule has 142 valence electrons. The number of hydrogen-bond acceptors (Lipinski definition) is 4. The Hall–Kier alpha value is -2.99. The van der Waals surface area contributed by atoms with Crippen LogP contribution in [-0.2, 0) is 6.42 Å². The van der Waals surface area contributed by atoms with Crippen LogP contribution in [0.25, 0.3) is 0 Å². The van der Waals surface area contributed by atoms with Crippen LogP contribution in [0, 0.1) is 6.92 Å². The topological polar surface area (TPSA) is 53.5 Å². The highest BCUT2D eigenvalue weighted by Gasteiger charge is 2.33. The number of rotatable bonds is 6. The van der Waals surface area contributed by atoms with E-state index in [2.05, 4.69) is 4.98 Å². The minimum absolute atomic E-state index is 0.0802. The Balaban J connectivity index is 1.47. The van der Waals surface area contributed by atoms with Gasteiger partial charge < -0.3 is 0 Å². The maximum atomic E-state index is 12.8. The molecule has 4 rings (SSSR count). The summed E-state index contributed by atoms with van der Waals surface area (Å²) < 4.78 is 0. The molecule has 0 aliphatic carbocycles. The number of ketones is 1. The molecule has 1 aliphatic heterocycles. The van der Waals surface area contributed by atoms with Gasteiger partial charge in [-0.25, -0.2) is 9.78 Å². The SMILES string of the molecule is Cc1nc(N2CCN(c3ccccc3)C2=O)sc1C(=O)CCc1ccccc1. The van der Waals surface area contributed by atoms with Gasteiger partial charge in [0.2, 0.25) is 0 Å². The van der Waals surface area contributed by atoms with E-state index >= 15 is 0 Å². The molecule has 1 fully saturated rings. The van der Waals surface area contributed by atoms with Crippen LogP contribution in [0.15, 0.2) is 60.7 Å². The van der Waals surface area contributed by atoms with Gasteiger partial charge in [0.05, 0.1) is 10.6 Å². The zero-order chi connectivity index (χ0) is 19.5. The number of Topliss-reactive ketones (excluding diaryl/α,β-unsaturated/α-hetero) is 1. The van der Waals surface area contributed by atoms with Crippen molar-refractivity contribution in [2.45, 2.75) is 19.8 Å². The second-order valence-corrected chi connectivity index (χ2v) is 7.72. The maximum Gasteiger partial charge on any atom is 0.330 e. The monoisotopic (exact) mass is 391 g/mol. The molecule has 0 N–H and O–H groups in total. The molecule has 2 aromatic carbocycles. The van der Waals surface area contributed by atoms with Crippen molar-refractivity contribution in [2.75, 3.05) is 22.9 Å². The molecule has 0 unspecified atom stereocenters. The fourth-order valence-electron chi connectivity index (χ4n) is 3.33. The number of carbonyl (C=O) groups is 2. The van der Waals surface area contributed by atoms with Crippen molar-refractivity contribution < 1.29 is 9.59 Å². The van der Waals surface area contributed by atoms with E-state index in [9.17, 15) is 9.59 Å². The van der Waals surface area contributed by atoms with E-state index in [0.717, 1.165) is 11.3 Å². The van der Waals surface area contributed by atoms with Gasteiger partial charge in [-0.1, -0.05) is 59.9 Å². The quantitative estimate of drug-likeness (QED) is 0.572. The highest BCUT2D eigenvalue weighted by Crippen LogP contribution is 2.31. The number of amides is 2. The van der Waals surface area contributed by atoms with E-state index in [1.54, 1.807) is 9.80 Å². The number of thiazole rings is 1. The van der Waals surface area contributed by atoms with Crippen molar-refractivity contribution in [1.29, 1.82) is 0 Å². The van der Waals surface area contributed by atoms with Gasteiger partial charge in [0.15, 0.2) is 10.9 Å². The number of anilines is 2. The van der Waals surface area contributed by atoms with Crippen LogP contribution in [0.4, 0.5) is 15.6 Å². The average molecular weight is 391 g/mol. The number of benzene rings is 2. The largest absolute Gasteiger partial charge is 0.330 e. The first-order valence-electron chi connectivity index (χ1n) is 9.32. The predicted molar refractivity (Wildman–Crippen MR) is 112 cm³/mol. The Morgan fingerprint density at radius 2 is 1.64 bits per heavy atom. The molecule has 1 aliphatic rings. The molecule has 0 radical (unpaired) electrons. The summed E-state index contributed by atoms with van der Waals surface area (Å²) in [6.07, 6.45) is 1.15. The summed E-state index contributed by atoms with van der Waals surface area (Å²) in [5, 5.41) is 0.601. The Morgan fingerprint density at radius 1 is 1.00 bits per heavy atom. The molecule has 0 atom stereocenters. The lowest BCUT2D eigenvalue weighted by Gasteiger charge is -2.16. The third-order valence-electron chi connectivity index (χ3n) is 4.83. The zero-order valence-corrected chi connectivity index (χ0v) is 16.5. The van der Waals surface area contributed by atoms with Crippen LogP contribution in [0.3, 0.4) is 0 Å². The molecule has 5 nitrogen and oxygen atoms in total. The molecule has 2 heterocycles. The molecule has 3 aromatic rings. The predicted octanol–water partition coefficient (Wildman–Crippen LogP) is 4.71. The molecule has 0 spiro atoms.